The molecule has 1 aromatic heterocycles. The maximum atomic E-state index is 12.9. The number of para-hydroxylation sites is 1. The Morgan fingerprint density at radius 3 is 2.69 bits per heavy atom. The predicted molar refractivity (Wildman–Crippen MR) is 111 cm³/mol. The SMILES string of the molecule is CCOC(=O)C1c2ccccc2OCCN1Cc1ccccc1-c1ccncc1. The normalized spacial score (nSPS) is 16.4. The van der Waals surface area contributed by atoms with Crippen LogP contribution in [0.1, 0.15) is 24.1 Å². The van der Waals surface area contributed by atoms with Crippen LogP contribution in [0.3, 0.4) is 0 Å². The Morgan fingerprint density at radius 1 is 1.10 bits per heavy atom. The zero-order chi connectivity index (χ0) is 20.1. The Hall–Kier alpha value is -3.18. The van der Waals surface area contributed by atoms with Gasteiger partial charge in [0.25, 0.3) is 0 Å². The number of aromatic nitrogens is 1. The Balaban J connectivity index is 1.72. The van der Waals surface area contributed by atoms with Gasteiger partial charge in [0.1, 0.15) is 18.4 Å². The Labute approximate surface area is 170 Å². The van der Waals surface area contributed by atoms with Crippen molar-refractivity contribution in [3.8, 4) is 16.9 Å². The lowest BCUT2D eigenvalue weighted by Crippen LogP contribution is -2.36. The third-order valence-corrected chi connectivity index (χ3v) is 5.11. The summed E-state index contributed by atoms with van der Waals surface area (Å²) < 4.78 is 11.4. The van der Waals surface area contributed by atoms with Crippen molar-refractivity contribution in [2.45, 2.75) is 19.5 Å². The molecule has 5 nitrogen and oxygen atoms in total. The highest BCUT2D eigenvalue weighted by atomic mass is 16.5. The molecular formula is C24H24N2O3. The van der Waals surface area contributed by atoms with Gasteiger partial charge >= 0.3 is 5.97 Å². The quantitative estimate of drug-likeness (QED) is 0.612. The van der Waals surface area contributed by atoms with Crippen LogP contribution in [0.15, 0.2) is 73.1 Å². The van der Waals surface area contributed by atoms with Crippen molar-refractivity contribution >= 4 is 5.97 Å². The maximum Gasteiger partial charge on any atom is 0.328 e. The van der Waals surface area contributed by atoms with Crippen molar-refractivity contribution in [2.75, 3.05) is 19.8 Å². The summed E-state index contributed by atoms with van der Waals surface area (Å²) in [4.78, 5) is 19.2. The van der Waals surface area contributed by atoms with Crippen LogP contribution in [0.5, 0.6) is 5.75 Å². The average Bonchev–Trinajstić information content (AvgIpc) is 2.94. The summed E-state index contributed by atoms with van der Waals surface area (Å²) in [5.74, 6) is 0.502. The summed E-state index contributed by atoms with van der Waals surface area (Å²) in [7, 11) is 0. The van der Waals surface area contributed by atoms with E-state index in [0.29, 0.717) is 26.3 Å². The van der Waals surface area contributed by atoms with E-state index in [1.54, 1.807) is 12.4 Å². The largest absolute Gasteiger partial charge is 0.492 e. The van der Waals surface area contributed by atoms with Gasteiger partial charge < -0.3 is 9.47 Å². The molecule has 0 spiro atoms. The van der Waals surface area contributed by atoms with Gasteiger partial charge in [-0.1, -0.05) is 42.5 Å². The molecule has 0 amide bonds. The van der Waals surface area contributed by atoms with E-state index in [9.17, 15) is 4.79 Å². The fourth-order valence-electron chi connectivity index (χ4n) is 3.79. The van der Waals surface area contributed by atoms with Gasteiger partial charge in [0.05, 0.1) is 6.61 Å². The van der Waals surface area contributed by atoms with Gasteiger partial charge in [-0.25, -0.2) is 4.79 Å². The number of ether oxygens (including phenoxy) is 2. The van der Waals surface area contributed by atoms with Gasteiger partial charge in [0, 0.05) is 31.0 Å². The first-order chi connectivity index (χ1) is 14.3. The van der Waals surface area contributed by atoms with E-state index in [2.05, 4.69) is 22.0 Å². The lowest BCUT2D eigenvalue weighted by molar-refractivity contribution is -0.150. The summed E-state index contributed by atoms with van der Waals surface area (Å²) in [6.07, 6.45) is 3.59. The summed E-state index contributed by atoms with van der Waals surface area (Å²) >= 11 is 0. The number of esters is 1. The van der Waals surface area contributed by atoms with Crippen molar-refractivity contribution in [1.29, 1.82) is 0 Å². The van der Waals surface area contributed by atoms with Crippen LogP contribution >= 0.6 is 0 Å². The molecule has 3 aromatic rings. The maximum absolute atomic E-state index is 12.9. The molecule has 29 heavy (non-hydrogen) atoms. The molecule has 0 bridgehead atoms. The molecule has 0 radical (unpaired) electrons. The van der Waals surface area contributed by atoms with Crippen LogP contribution in [-0.2, 0) is 16.1 Å². The fraction of sp³-hybridized carbons (Fsp3) is 0.250. The zero-order valence-electron chi connectivity index (χ0n) is 16.5. The van der Waals surface area contributed by atoms with E-state index in [4.69, 9.17) is 9.47 Å². The summed E-state index contributed by atoms with van der Waals surface area (Å²) in [6.45, 7) is 3.94. The van der Waals surface area contributed by atoms with Crippen molar-refractivity contribution < 1.29 is 14.3 Å². The standard InChI is InChI=1S/C24H24N2O3/c1-2-28-24(27)23-21-9-5-6-10-22(21)29-16-15-26(23)17-19-7-3-4-8-20(19)18-11-13-25-14-12-18/h3-14,23H,2,15-17H2,1H3. The highest BCUT2D eigenvalue weighted by Crippen LogP contribution is 2.35. The van der Waals surface area contributed by atoms with Crippen LogP contribution in [0.4, 0.5) is 0 Å². The monoisotopic (exact) mass is 388 g/mol. The summed E-state index contributed by atoms with van der Waals surface area (Å²) in [6, 6.07) is 19.5. The Morgan fingerprint density at radius 2 is 1.86 bits per heavy atom. The van der Waals surface area contributed by atoms with E-state index >= 15 is 0 Å². The molecular weight excluding hydrogens is 364 g/mol. The lowest BCUT2D eigenvalue weighted by atomic mass is 9.98. The molecule has 0 saturated carbocycles. The second-order valence-corrected chi connectivity index (χ2v) is 6.90. The number of pyridine rings is 1. The summed E-state index contributed by atoms with van der Waals surface area (Å²) in [5.41, 5.74) is 4.24. The molecule has 0 aliphatic carbocycles. The molecule has 1 aliphatic heterocycles. The first kappa shape index (κ1) is 19.2. The van der Waals surface area contributed by atoms with Crippen molar-refractivity contribution in [2.24, 2.45) is 0 Å². The number of benzene rings is 2. The predicted octanol–water partition coefficient (Wildman–Crippen LogP) is 4.25. The smallest absolute Gasteiger partial charge is 0.328 e. The number of nitrogens with zero attached hydrogens (tertiary/aromatic N) is 2. The average molecular weight is 388 g/mol. The van der Waals surface area contributed by atoms with Crippen LogP contribution in [-0.4, -0.2) is 35.6 Å². The molecule has 1 aliphatic rings. The number of hydrogen-bond acceptors (Lipinski definition) is 5. The highest BCUT2D eigenvalue weighted by Gasteiger charge is 2.33. The Kier molecular flexibility index (Phi) is 5.86. The number of carbonyl (C=O) groups is 1. The first-order valence-electron chi connectivity index (χ1n) is 9.88. The molecule has 0 fully saturated rings. The van der Waals surface area contributed by atoms with Gasteiger partial charge in [0.2, 0.25) is 0 Å². The molecule has 4 rings (SSSR count). The zero-order valence-corrected chi connectivity index (χ0v) is 16.5. The van der Waals surface area contributed by atoms with E-state index in [1.165, 1.54) is 0 Å². The second-order valence-electron chi connectivity index (χ2n) is 6.90. The minimum Gasteiger partial charge on any atom is -0.492 e. The lowest BCUT2D eigenvalue weighted by Gasteiger charge is -2.29. The third-order valence-electron chi connectivity index (χ3n) is 5.11. The van der Waals surface area contributed by atoms with Crippen molar-refractivity contribution in [1.82, 2.24) is 9.88 Å². The van der Waals surface area contributed by atoms with Crippen molar-refractivity contribution in [3.63, 3.8) is 0 Å². The third kappa shape index (κ3) is 4.15. The van der Waals surface area contributed by atoms with Gasteiger partial charge in [0.15, 0.2) is 0 Å². The van der Waals surface area contributed by atoms with Crippen LogP contribution < -0.4 is 4.74 Å². The van der Waals surface area contributed by atoms with Crippen LogP contribution in [0, 0.1) is 0 Å². The second kappa shape index (κ2) is 8.88. The molecule has 2 heterocycles. The molecule has 148 valence electrons. The Bertz CT molecular complexity index is 975. The molecule has 5 heteroatoms. The van der Waals surface area contributed by atoms with Gasteiger partial charge in [-0.15, -0.1) is 0 Å². The molecule has 1 atom stereocenters. The van der Waals surface area contributed by atoms with E-state index < -0.39 is 6.04 Å². The summed E-state index contributed by atoms with van der Waals surface area (Å²) in [5, 5.41) is 0. The van der Waals surface area contributed by atoms with Gasteiger partial charge in [-0.3, -0.25) is 9.88 Å². The first-order valence-corrected chi connectivity index (χ1v) is 9.88. The number of rotatable bonds is 5. The molecule has 1 unspecified atom stereocenters. The van der Waals surface area contributed by atoms with E-state index in [1.807, 2.05) is 55.5 Å². The van der Waals surface area contributed by atoms with Crippen LogP contribution in [0.25, 0.3) is 11.1 Å². The number of carbonyl (C=O) groups excluding carboxylic acids is 1. The molecule has 0 saturated heterocycles. The minimum absolute atomic E-state index is 0.244. The van der Waals surface area contributed by atoms with Gasteiger partial charge in [-0.2, -0.15) is 0 Å². The van der Waals surface area contributed by atoms with Gasteiger partial charge in [-0.05, 0) is 41.8 Å². The van der Waals surface area contributed by atoms with E-state index in [-0.39, 0.29) is 5.97 Å². The number of fused-ring (bicyclic) bond motifs is 1. The van der Waals surface area contributed by atoms with Crippen molar-refractivity contribution in [3.05, 3.63) is 84.2 Å². The molecule has 0 N–H and O–H groups in total. The molecule has 2 aromatic carbocycles. The minimum atomic E-state index is -0.501. The topological polar surface area (TPSA) is 51.7 Å². The van der Waals surface area contributed by atoms with Crippen LogP contribution in [0.2, 0.25) is 0 Å². The highest BCUT2D eigenvalue weighted by molar-refractivity contribution is 5.79. The fourth-order valence-corrected chi connectivity index (χ4v) is 3.79. The van der Waals surface area contributed by atoms with E-state index in [0.717, 1.165) is 28.0 Å². The number of hydrogen-bond donors (Lipinski definition) is 0.